The van der Waals surface area contributed by atoms with Gasteiger partial charge >= 0.3 is 12.2 Å². The lowest BCUT2D eigenvalue weighted by atomic mass is 9.91. The summed E-state index contributed by atoms with van der Waals surface area (Å²) in [4.78, 5) is 25.0. The highest BCUT2D eigenvalue weighted by atomic mass is 19.4. The quantitative estimate of drug-likeness (QED) is 0.702. The monoisotopic (exact) mass is 403 g/mol. The molecule has 0 saturated heterocycles. The van der Waals surface area contributed by atoms with Crippen molar-refractivity contribution in [2.45, 2.75) is 33.0 Å². The molecule has 2 aromatic rings. The summed E-state index contributed by atoms with van der Waals surface area (Å²) in [6.45, 7) is 5.31. The first-order valence-corrected chi connectivity index (χ1v) is 8.91. The third-order valence-corrected chi connectivity index (χ3v) is 4.73. The maximum absolute atomic E-state index is 13.3. The van der Waals surface area contributed by atoms with Crippen molar-refractivity contribution in [3.05, 3.63) is 76.0 Å². The fraction of sp³-hybridized carbons (Fsp3) is 0.238. The number of rotatable bonds is 3. The van der Waals surface area contributed by atoms with E-state index < -0.39 is 29.7 Å². The summed E-state index contributed by atoms with van der Waals surface area (Å²) < 4.78 is 39.8. The van der Waals surface area contributed by atoms with Gasteiger partial charge in [-0.15, -0.1) is 0 Å². The molecule has 0 saturated carbocycles. The fourth-order valence-electron chi connectivity index (χ4n) is 3.41. The van der Waals surface area contributed by atoms with Crippen molar-refractivity contribution in [1.82, 2.24) is 10.6 Å². The van der Waals surface area contributed by atoms with Crippen LogP contribution in [0.15, 0.2) is 53.7 Å². The van der Waals surface area contributed by atoms with Crippen molar-refractivity contribution < 1.29 is 22.8 Å². The Morgan fingerprint density at radius 1 is 1.07 bits per heavy atom. The van der Waals surface area contributed by atoms with Crippen molar-refractivity contribution in [3.63, 3.8) is 0 Å². The number of anilines is 1. The van der Waals surface area contributed by atoms with Gasteiger partial charge in [0, 0.05) is 5.70 Å². The molecule has 0 aromatic heterocycles. The van der Waals surface area contributed by atoms with Crippen LogP contribution in [0.3, 0.4) is 0 Å². The molecular formula is C21H20F3N3O2. The molecule has 8 heteroatoms. The topological polar surface area (TPSA) is 70.2 Å². The smallest absolute Gasteiger partial charge is 0.327 e. The molecule has 0 spiro atoms. The number of carbonyl (C=O) groups is 2. The maximum atomic E-state index is 13.3. The molecule has 3 amide bonds. The standard InChI is InChI=1S/C21H20F3N3O2/c1-11-8-9-14(12(2)10-11)18-17(13(3)25-20(29)27-18)19(28)26-16-7-5-4-6-15(16)21(22,23)24/h4-10,18H,1-3H3,(H,26,28)(H2,25,27,29)/t18-/m0/s1. The first-order valence-electron chi connectivity index (χ1n) is 8.91. The molecule has 0 bridgehead atoms. The van der Waals surface area contributed by atoms with Gasteiger partial charge in [0.1, 0.15) is 0 Å². The van der Waals surface area contributed by atoms with E-state index in [0.717, 1.165) is 17.2 Å². The van der Waals surface area contributed by atoms with E-state index in [-0.39, 0.29) is 17.0 Å². The predicted octanol–water partition coefficient (Wildman–Crippen LogP) is 4.59. The summed E-state index contributed by atoms with van der Waals surface area (Å²) in [5.41, 5.74) is 1.70. The summed E-state index contributed by atoms with van der Waals surface area (Å²) >= 11 is 0. The highest BCUT2D eigenvalue weighted by Gasteiger charge is 2.36. The third-order valence-electron chi connectivity index (χ3n) is 4.73. The van der Waals surface area contributed by atoms with Crippen molar-refractivity contribution in [2.24, 2.45) is 0 Å². The molecule has 29 heavy (non-hydrogen) atoms. The Balaban J connectivity index is 2.01. The normalized spacial score (nSPS) is 16.9. The summed E-state index contributed by atoms with van der Waals surface area (Å²) in [5, 5.41) is 7.57. The van der Waals surface area contributed by atoms with Crippen LogP contribution in [0.1, 0.15) is 35.2 Å². The number of allylic oxidation sites excluding steroid dienone is 1. The maximum Gasteiger partial charge on any atom is 0.418 e. The van der Waals surface area contributed by atoms with Crippen molar-refractivity contribution in [3.8, 4) is 0 Å². The molecular weight excluding hydrogens is 383 g/mol. The SMILES string of the molecule is CC1=C(C(=O)Nc2ccccc2C(F)(F)F)[C@H](c2ccc(C)cc2C)NC(=O)N1. The van der Waals surface area contributed by atoms with Crippen molar-refractivity contribution in [1.29, 1.82) is 0 Å². The van der Waals surface area contributed by atoms with Crippen LogP contribution < -0.4 is 16.0 Å². The number of aryl methyl sites for hydroxylation is 2. The average Bonchev–Trinajstić information content (AvgIpc) is 2.60. The number of urea groups is 1. The van der Waals surface area contributed by atoms with Crippen molar-refractivity contribution >= 4 is 17.6 Å². The van der Waals surface area contributed by atoms with Gasteiger partial charge in [0.05, 0.1) is 22.9 Å². The van der Waals surface area contributed by atoms with Gasteiger partial charge in [-0.3, -0.25) is 4.79 Å². The minimum Gasteiger partial charge on any atom is -0.327 e. The molecule has 0 aliphatic carbocycles. The molecule has 1 heterocycles. The van der Waals surface area contributed by atoms with Crippen LogP contribution in [0.2, 0.25) is 0 Å². The number of nitrogens with one attached hydrogen (secondary N) is 3. The number of halogens is 3. The number of carbonyl (C=O) groups excluding carboxylic acids is 2. The molecule has 3 rings (SSSR count). The highest BCUT2D eigenvalue weighted by molar-refractivity contribution is 6.07. The average molecular weight is 403 g/mol. The number of alkyl halides is 3. The van der Waals surface area contributed by atoms with E-state index in [0.29, 0.717) is 5.56 Å². The molecule has 2 aromatic carbocycles. The Morgan fingerprint density at radius 3 is 2.41 bits per heavy atom. The zero-order valence-corrected chi connectivity index (χ0v) is 16.1. The molecule has 1 aliphatic heterocycles. The first-order chi connectivity index (χ1) is 13.6. The van der Waals surface area contributed by atoms with E-state index in [4.69, 9.17) is 0 Å². The van der Waals surface area contributed by atoms with Crippen LogP contribution in [0, 0.1) is 13.8 Å². The van der Waals surface area contributed by atoms with Gasteiger partial charge in [-0.25, -0.2) is 4.79 Å². The summed E-state index contributed by atoms with van der Waals surface area (Å²) in [5.74, 6) is -0.725. The van der Waals surface area contributed by atoms with Gasteiger partial charge in [0.25, 0.3) is 5.91 Å². The molecule has 5 nitrogen and oxygen atoms in total. The number of amides is 3. The van der Waals surface area contributed by atoms with Crippen LogP contribution in [-0.2, 0) is 11.0 Å². The van der Waals surface area contributed by atoms with Gasteiger partial charge in [0.15, 0.2) is 0 Å². The molecule has 1 aliphatic rings. The van der Waals surface area contributed by atoms with Crippen LogP contribution in [0.5, 0.6) is 0 Å². The second-order valence-corrected chi connectivity index (χ2v) is 6.93. The number of benzene rings is 2. The summed E-state index contributed by atoms with van der Waals surface area (Å²) in [6.07, 6.45) is -4.61. The van der Waals surface area contributed by atoms with E-state index in [9.17, 15) is 22.8 Å². The molecule has 1 atom stereocenters. The predicted molar refractivity (Wildman–Crippen MR) is 103 cm³/mol. The molecule has 152 valence electrons. The zero-order valence-electron chi connectivity index (χ0n) is 16.1. The van der Waals surface area contributed by atoms with Gasteiger partial charge in [-0.2, -0.15) is 13.2 Å². The van der Waals surface area contributed by atoms with Gasteiger partial charge in [0.2, 0.25) is 0 Å². The summed E-state index contributed by atoms with van der Waals surface area (Å²) in [6, 6.07) is 9.04. The molecule has 0 radical (unpaired) electrons. The Bertz CT molecular complexity index is 1010. The lowest BCUT2D eigenvalue weighted by molar-refractivity contribution is -0.137. The lowest BCUT2D eigenvalue weighted by Gasteiger charge is -2.30. The molecule has 0 unspecified atom stereocenters. The minimum absolute atomic E-state index is 0.147. The fourth-order valence-corrected chi connectivity index (χ4v) is 3.41. The highest BCUT2D eigenvalue weighted by Crippen LogP contribution is 2.36. The summed E-state index contributed by atoms with van der Waals surface area (Å²) in [7, 11) is 0. The number of hydrogen-bond donors (Lipinski definition) is 3. The Kier molecular flexibility index (Phi) is 5.37. The Hall–Kier alpha value is -3.29. The lowest BCUT2D eigenvalue weighted by Crippen LogP contribution is -2.46. The molecule has 3 N–H and O–H groups in total. The van der Waals surface area contributed by atoms with E-state index in [2.05, 4.69) is 16.0 Å². The van der Waals surface area contributed by atoms with Crippen LogP contribution >= 0.6 is 0 Å². The molecule has 0 fully saturated rings. The van der Waals surface area contributed by atoms with Crippen LogP contribution in [0.25, 0.3) is 0 Å². The van der Waals surface area contributed by atoms with Gasteiger partial charge < -0.3 is 16.0 Å². The second kappa shape index (κ2) is 7.62. The van der Waals surface area contributed by atoms with E-state index in [1.807, 2.05) is 26.0 Å². The largest absolute Gasteiger partial charge is 0.418 e. The number of para-hydroxylation sites is 1. The van der Waals surface area contributed by atoms with Crippen LogP contribution in [0.4, 0.5) is 23.7 Å². The zero-order chi connectivity index (χ0) is 21.3. The first kappa shape index (κ1) is 20.4. The van der Waals surface area contributed by atoms with Crippen molar-refractivity contribution in [2.75, 3.05) is 5.32 Å². The minimum atomic E-state index is -4.61. The Morgan fingerprint density at radius 2 is 1.76 bits per heavy atom. The van der Waals surface area contributed by atoms with Gasteiger partial charge in [-0.05, 0) is 44.0 Å². The third kappa shape index (κ3) is 4.26. The van der Waals surface area contributed by atoms with Gasteiger partial charge in [-0.1, -0.05) is 35.9 Å². The second-order valence-electron chi connectivity index (χ2n) is 6.93. The Labute approximate surface area is 166 Å². The van der Waals surface area contributed by atoms with E-state index >= 15 is 0 Å². The van der Waals surface area contributed by atoms with E-state index in [1.165, 1.54) is 18.2 Å². The van der Waals surface area contributed by atoms with Crippen LogP contribution in [-0.4, -0.2) is 11.9 Å². The van der Waals surface area contributed by atoms with E-state index in [1.54, 1.807) is 13.0 Å². The number of hydrogen-bond acceptors (Lipinski definition) is 2.